The van der Waals surface area contributed by atoms with Crippen LogP contribution in [0.5, 0.6) is 0 Å². The molecule has 0 spiro atoms. The molecular weight excluding hydrogens is 278 g/mol. The van der Waals surface area contributed by atoms with E-state index in [2.05, 4.69) is 5.32 Å². The molecule has 2 nitrogen and oxygen atoms in total. The zero-order chi connectivity index (χ0) is 13.7. The second kappa shape index (κ2) is 7.41. The van der Waals surface area contributed by atoms with Gasteiger partial charge in [-0.3, -0.25) is 4.21 Å². The summed E-state index contributed by atoms with van der Waals surface area (Å²) in [7, 11) is 1.13. The van der Waals surface area contributed by atoms with Gasteiger partial charge in [0.25, 0.3) is 0 Å². The van der Waals surface area contributed by atoms with Crippen molar-refractivity contribution < 1.29 is 4.21 Å². The number of hydrogen-bond acceptors (Lipinski definition) is 2. The van der Waals surface area contributed by atoms with Crippen LogP contribution >= 0.6 is 11.6 Å². The van der Waals surface area contributed by atoms with E-state index in [1.54, 1.807) is 0 Å². The third-order valence-electron chi connectivity index (χ3n) is 3.92. The fraction of sp³-hybridized carbons (Fsp3) is 0.600. The van der Waals surface area contributed by atoms with Crippen LogP contribution in [0.25, 0.3) is 0 Å². The average Bonchev–Trinajstić information content (AvgIpc) is 2.66. The summed E-state index contributed by atoms with van der Waals surface area (Å²) in [5.41, 5.74) is 1.00. The molecule has 0 bridgehead atoms. The van der Waals surface area contributed by atoms with Gasteiger partial charge in [0, 0.05) is 21.9 Å². The van der Waals surface area contributed by atoms with Crippen LogP contribution in [0.15, 0.2) is 24.3 Å². The van der Waals surface area contributed by atoms with Crippen LogP contribution in [0.3, 0.4) is 0 Å². The summed E-state index contributed by atoms with van der Waals surface area (Å²) in [6.45, 7) is 0. The number of hydrogen-bond donors (Lipinski definition) is 1. The molecule has 1 N–H and O–H groups in total. The summed E-state index contributed by atoms with van der Waals surface area (Å²) in [6, 6.07) is 8.10. The fourth-order valence-electron chi connectivity index (χ4n) is 2.79. The van der Waals surface area contributed by atoms with Gasteiger partial charge in [-0.05, 0) is 31.5 Å². The molecule has 1 fully saturated rings. The molecule has 1 saturated carbocycles. The molecule has 4 heteroatoms. The molecule has 0 heterocycles. The van der Waals surface area contributed by atoms with Crippen LogP contribution in [0.1, 0.15) is 37.7 Å². The lowest BCUT2D eigenvalue weighted by atomic mass is 10.1. The largest absolute Gasteiger partial charge is 0.316 e. The van der Waals surface area contributed by atoms with E-state index >= 15 is 0 Å². The molecule has 3 atom stereocenters. The highest BCUT2D eigenvalue weighted by Gasteiger charge is 2.27. The lowest BCUT2D eigenvalue weighted by molar-refractivity contribution is 0.499. The first-order valence-corrected chi connectivity index (χ1v) is 8.76. The standard InChI is InChI=1S/C15H22ClNOS/c1-17-14-9-3-2-4-10-15(14)19(18)11-12-7-5-6-8-13(12)16/h5-8,14-15,17H,2-4,9-11H2,1H3. The predicted octanol–water partition coefficient (Wildman–Crippen LogP) is 3.51. The Morgan fingerprint density at radius 2 is 2.00 bits per heavy atom. The Bertz CT molecular complexity index is 438. The minimum Gasteiger partial charge on any atom is -0.316 e. The summed E-state index contributed by atoms with van der Waals surface area (Å²) in [5.74, 6) is 0.572. The Kier molecular flexibility index (Phi) is 5.86. The Morgan fingerprint density at radius 1 is 1.26 bits per heavy atom. The molecule has 2 rings (SSSR count). The van der Waals surface area contributed by atoms with Crippen molar-refractivity contribution in [3.63, 3.8) is 0 Å². The second-order valence-corrected chi connectivity index (χ2v) is 7.25. The van der Waals surface area contributed by atoms with Gasteiger partial charge in [-0.15, -0.1) is 0 Å². The van der Waals surface area contributed by atoms with Crippen molar-refractivity contribution in [1.82, 2.24) is 5.32 Å². The number of rotatable bonds is 4. The molecule has 0 aromatic heterocycles. The van der Waals surface area contributed by atoms with Gasteiger partial charge in [-0.2, -0.15) is 0 Å². The molecule has 1 aliphatic rings. The lowest BCUT2D eigenvalue weighted by Crippen LogP contribution is -2.39. The van der Waals surface area contributed by atoms with E-state index in [4.69, 9.17) is 11.6 Å². The minimum atomic E-state index is -0.856. The van der Waals surface area contributed by atoms with Crippen molar-refractivity contribution in [2.75, 3.05) is 7.05 Å². The van der Waals surface area contributed by atoms with Crippen LogP contribution in [0.2, 0.25) is 5.02 Å². The minimum absolute atomic E-state index is 0.253. The zero-order valence-electron chi connectivity index (χ0n) is 11.4. The first-order chi connectivity index (χ1) is 9.22. The summed E-state index contributed by atoms with van der Waals surface area (Å²) in [6.07, 6.45) is 5.89. The monoisotopic (exact) mass is 299 g/mol. The van der Waals surface area contributed by atoms with E-state index in [-0.39, 0.29) is 5.25 Å². The topological polar surface area (TPSA) is 29.1 Å². The van der Waals surface area contributed by atoms with Gasteiger partial charge in [0.1, 0.15) is 0 Å². The SMILES string of the molecule is CNC1CCCCCC1S(=O)Cc1ccccc1Cl. The van der Waals surface area contributed by atoms with Crippen molar-refractivity contribution >= 4 is 22.4 Å². The van der Waals surface area contributed by atoms with Crippen molar-refractivity contribution in [3.8, 4) is 0 Å². The summed E-state index contributed by atoms with van der Waals surface area (Å²) in [5, 5.41) is 4.33. The molecule has 0 aliphatic heterocycles. The highest BCUT2D eigenvalue weighted by molar-refractivity contribution is 7.84. The maximum Gasteiger partial charge on any atom is 0.0504 e. The van der Waals surface area contributed by atoms with Crippen molar-refractivity contribution in [3.05, 3.63) is 34.9 Å². The molecule has 0 radical (unpaired) electrons. The van der Waals surface area contributed by atoms with Crippen molar-refractivity contribution in [1.29, 1.82) is 0 Å². The van der Waals surface area contributed by atoms with Crippen LogP contribution in [-0.2, 0) is 16.6 Å². The van der Waals surface area contributed by atoms with Crippen molar-refractivity contribution in [2.24, 2.45) is 0 Å². The van der Waals surface area contributed by atoms with Gasteiger partial charge < -0.3 is 5.32 Å². The summed E-state index contributed by atoms with van der Waals surface area (Å²) >= 11 is 6.16. The number of halogens is 1. The molecular formula is C15H22ClNOS. The Balaban J connectivity index is 2.07. The molecule has 19 heavy (non-hydrogen) atoms. The smallest absolute Gasteiger partial charge is 0.0504 e. The highest BCUT2D eigenvalue weighted by Crippen LogP contribution is 2.25. The maximum atomic E-state index is 12.7. The molecule has 1 aliphatic carbocycles. The van der Waals surface area contributed by atoms with E-state index < -0.39 is 10.8 Å². The lowest BCUT2D eigenvalue weighted by Gasteiger charge is -2.24. The quantitative estimate of drug-likeness (QED) is 0.862. The van der Waals surface area contributed by atoms with E-state index in [0.29, 0.717) is 11.8 Å². The van der Waals surface area contributed by atoms with Crippen LogP contribution in [0.4, 0.5) is 0 Å². The molecule has 0 amide bonds. The van der Waals surface area contributed by atoms with Gasteiger partial charge >= 0.3 is 0 Å². The van der Waals surface area contributed by atoms with Gasteiger partial charge in [-0.25, -0.2) is 0 Å². The molecule has 1 aromatic rings. The van der Waals surface area contributed by atoms with E-state index in [0.717, 1.165) is 23.4 Å². The zero-order valence-corrected chi connectivity index (χ0v) is 13.0. The van der Waals surface area contributed by atoms with Crippen molar-refractivity contribution in [2.45, 2.75) is 49.1 Å². The third-order valence-corrected chi connectivity index (χ3v) is 6.12. The van der Waals surface area contributed by atoms with Gasteiger partial charge in [-0.1, -0.05) is 49.1 Å². The first-order valence-electron chi connectivity index (χ1n) is 7.00. The average molecular weight is 300 g/mol. The Labute approximate surface area is 123 Å². The molecule has 3 unspecified atom stereocenters. The number of benzene rings is 1. The van der Waals surface area contributed by atoms with Gasteiger partial charge in [0.05, 0.1) is 11.0 Å². The number of nitrogens with one attached hydrogen (secondary N) is 1. The second-order valence-electron chi connectivity index (χ2n) is 5.19. The van der Waals surface area contributed by atoms with E-state index in [9.17, 15) is 4.21 Å². The van der Waals surface area contributed by atoms with Gasteiger partial charge in [0.15, 0.2) is 0 Å². The summed E-state index contributed by atoms with van der Waals surface area (Å²) < 4.78 is 12.7. The predicted molar refractivity (Wildman–Crippen MR) is 83.0 cm³/mol. The van der Waals surface area contributed by atoms with Crippen LogP contribution in [0, 0.1) is 0 Å². The Morgan fingerprint density at radius 3 is 2.74 bits per heavy atom. The summed E-state index contributed by atoms with van der Waals surface area (Å²) in [4.78, 5) is 0. The van der Waals surface area contributed by atoms with Crippen LogP contribution < -0.4 is 5.32 Å². The first kappa shape index (κ1) is 15.0. The van der Waals surface area contributed by atoms with Gasteiger partial charge in [0.2, 0.25) is 0 Å². The Hall–Kier alpha value is -0.380. The fourth-order valence-corrected chi connectivity index (χ4v) is 4.92. The molecule has 0 saturated heterocycles. The normalized spacial score (nSPS) is 25.8. The highest BCUT2D eigenvalue weighted by atomic mass is 35.5. The third kappa shape index (κ3) is 4.04. The molecule has 1 aromatic carbocycles. The van der Waals surface area contributed by atoms with E-state index in [1.165, 1.54) is 19.3 Å². The van der Waals surface area contributed by atoms with Crippen LogP contribution in [-0.4, -0.2) is 22.5 Å². The molecule has 106 valence electrons. The maximum absolute atomic E-state index is 12.7. The van der Waals surface area contributed by atoms with E-state index in [1.807, 2.05) is 31.3 Å².